The van der Waals surface area contributed by atoms with Gasteiger partial charge in [-0.3, -0.25) is 19.6 Å². The number of aliphatic carboxylic acids is 1. The van der Waals surface area contributed by atoms with Gasteiger partial charge >= 0.3 is 5.97 Å². The van der Waals surface area contributed by atoms with Gasteiger partial charge in [-0.25, -0.2) is 0 Å². The van der Waals surface area contributed by atoms with E-state index in [0.29, 0.717) is 12.4 Å². The summed E-state index contributed by atoms with van der Waals surface area (Å²) in [7, 11) is 0. The van der Waals surface area contributed by atoms with Crippen LogP contribution in [0.5, 0.6) is 0 Å². The fraction of sp³-hybridized carbons (Fsp3) is 0.600. The van der Waals surface area contributed by atoms with Crippen molar-refractivity contribution in [3.63, 3.8) is 0 Å². The molecule has 2 rings (SSSR count). The van der Waals surface area contributed by atoms with Gasteiger partial charge < -0.3 is 5.11 Å². The number of carboxylic acids is 1. The minimum Gasteiger partial charge on any atom is -0.481 e. The van der Waals surface area contributed by atoms with Crippen molar-refractivity contribution >= 4 is 17.8 Å². The van der Waals surface area contributed by atoms with Crippen LogP contribution in [0, 0.1) is 5.92 Å². The molecular weight excluding hydrogens is 266 g/mol. The molecule has 1 amide bonds. The van der Waals surface area contributed by atoms with Crippen molar-refractivity contribution < 1.29 is 14.7 Å². The third kappa shape index (κ3) is 3.23. The lowest BCUT2D eigenvalue weighted by Crippen LogP contribution is -2.26. The van der Waals surface area contributed by atoms with Crippen molar-refractivity contribution in [2.24, 2.45) is 11.0 Å². The number of aromatic nitrogens is 3. The first-order chi connectivity index (χ1) is 9.60. The molecule has 1 unspecified atom stereocenters. The summed E-state index contributed by atoms with van der Waals surface area (Å²) in [4.78, 5) is 30.5. The van der Waals surface area contributed by atoms with Crippen LogP contribution in [-0.2, 0) is 16.0 Å². The molecule has 0 radical (unpaired) electrons. The predicted molar refractivity (Wildman–Crippen MR) is 66.8 cm³/mol. The summed E-state index contributed by atoms with van der Waals surface area (Å²) in [6.45, 7) is 0.656. The maximum absolute atomic E-state index is 11.8. The van der Waals surface area contributed by atoms with Crippen LogP contribution in [0.4, 0.5) is 5.95 Å². The number of nitrogens with one attached hydrogen (secondary N) is 1. The second-order valence-corrected chi connectivity index (χ2v) is 4.46. The minimum atomic E-state index is -0.922. The van der Waals surface area contributed by atoms with Crippen LogP contribution in [0.25, 0.3) is 10.4 Å². The summed E-state index contributed by atoms with van der Waals surface area (Å²) in [6.07, 6.45) is 0.465. The maximum Gasteiger partial charge on any atom is 0.303 e. The number of nitrogens with zero attached hydrogens (tertiary/aromatic N) is 6. The van der Waals surface area contributed by atoms with E-state index in [-0.39, 0.29) is 43.6 Å². The second-order valence-electron chi connectivity index (χ2n) is 4.46. The number of hydrogen-bond acceptors (Lipinski definition) is 5. The molecule has 1 atom stereocenters. The molecule has 1 saturated heterocycles. The quantitative estimate of drug-likeness (QED) is 0.441. The zero-order valence-corrected chi connectivity index (χ0v) is 10.6. The van der Waals surface area contributed by atoms with E-state index < -0.39 is 5.97 Å². The van der Waals surface area contributed by atoms with Gasteiger partial charge in [0.15, 0.2) is 0 Å². The Kier molecular flexibility index (Phi) is 4.16. The molecule has 106 valence electrons. The number of aromatic amines is 1. The van der Waals surface area contributed by atoms with Crippen LogP contribution < -0.4 is 4.90 Å². The molecular formula is C10H13N7O3. The van der Waals surface area contributed by atoms with E-state index in [1.165, 1.54) is 4.90 Å². The van der Waals surface area contributed by atoms with Gasteiger partial charge in [-0.1, -0.05) is 5.11 Å². The largest absolute Gasteiger partial charge is 0.481 e. The van der Waals surface area contributed by atoms with Crippen molar-refractivity contribution in [2.45, 2.75) is 19.3 Å². The zero-order valence-electron chi connectivity index (χ0n) is 10.6. The van der Waals surface area contributed by atoms with Crippen molar-refractivity contribution in [1.29, 1.82) is 0 Å². The Balaban J connectivity index is 1.99. The van der Waals surface area contributed by atoms with Gasteiger partial charge in [0.05, 0.1) is 6.42 Å². The van der Waals surface area contributed by atoms with E-state index in [9.17, 15) is 9.59 Å². The molecule has 0 saturated carbocycles. The first kappa shape index (κ1) is 13.8. The molecule has 1 fully saturated rings. The number of H-pyrrole nitrogens is 1. The Labute approximate surface area is 113 Å². The molecule has 2 heterocycles. The Morgan fingerprint density at radius 3 is 3.15 bits per heavy atom. The van der Waals surface area contributed by atoms with E-state index >= 15 is 0 Å². The summed E-state index contributed by atoms with van der Waals surface area (Å²) in [5.74, 6) is -0.437. The van der Waals surface area contributed by atoms with Crippen LogP contribution in [0.2, 0.25) is 0 Å². The fourth-order valence-corrected chi connectivity index (χ4v) is 1.99. The summed E-state index contributed by atoms with van der Waals surface area (Å²) in [5.41, 5.74) is 8.26. The van der Waals surface area contributed by atoms with E-state index in [0.717, 1.165) is 0 Å². The smallest absolute Gasteiger partial charge is 0.303 e. The number of aryl methyl sites for hydroxylation is 1. The van der Waals surface area contributed by atoms with Gasteiger partial charge in [0.2, 0.25) is 5.91 Å². The van der Waals surface area contributed by atoms with Crippen LogP contribution in [0.3, 0.4) is 0 Å². The van der Waals surface area contributed by atoms with Crippen LogP contribution in [0.1, 0.15) is 18.7 Å². The number of carbonyl (C=O) groups is 2. The Hall–Kier alpha value is -2.61. The maximum atomic E-state index is 11.8. The number of anilines is 1. The molecule has 0 bridgehead atoms. The standard InChI is InChI=1S/C10H13N7O3/c11-16-12-4-6-3-8(18)17(5-6)10-13-7(14-15-10)1-2-9(19)20/h6H,1-5H2,(H,19,20)(H,13,14,15). The third-order valence-corrected chi connectivity index (χ3v) is 2.95. The van der Waals surface area contributed by atoms with Crippen molar-refractivity contribution in [3.8, 4) is 0 Å². The molecule has 0 spiro atoms. The summed E-state index contributed by atoms with van der Waals surface area (Å²) in [5, 5.41) is 18.6. The molecule has 10 heteroatoms. The van der Waals surface area contributed by atoms with Crippen LogP contribution >= 0.6 is 0 Å². The average Bonchev–Trinajstić information content (AvgIpc) is 3.00. The zero-order chi connectivity index (χ0) is 14.5. The normalized spacial score (nSPS) is 18.1. The lowest BCUT2D eigenvalue weighted by molar-refractivity contribution is -0.137. The van der Waals surface area contributed by atoms with Crippen molar-refractivity contribution in [2.75, 3.05) is 18.0 Å². The summed E-state index contributed by atoms with van der Waals surface area (Å²) >= 11 is 0. The highest BCUT2D eigenvalue weighted by Gasteiger charge is 2.32. The van der Waals surface area contributed by atoms with E-state index in [1.54, 1.807) is 0 Å². The number of amides is 1. The molecule has 0 aliphatic carbocycles. The highest BCUT2D eigenvalue weighted by atomic mass is 16.4. The van der Waals surface area contributed by atoms with Gasteiger partial charge in [0, 0.05) is 30.8 Å². The molecule has 20 heavy (non-hydrogen) atoms. The lowest BCUT2D eigenvalue weighted by Gasteiger charge is -2.10. The first-order valence-corrected chi connectivity index (χ1v) is 6.04. The number of azide groups is 1. The lowest BCUT2D eigenvalue weighted by atomic mass is 10.1. The summed E-state index contributed by atoms with van der Waals surface area (Å²) < 4.78 is 0. The van der Waals surface area contributed by atoms with Gasteiger partial charge in [-0.15, -0.1) is 5.10 Å². The van der Waals surface area contributed by atoms with E-state index in [1.807, 2.05) is 0 Å². The number of carboxylic acid groups (broad SMARTS) is 1. The number of hydrogen-bond donors (Lipinski definition) is 2. The van der Waals surface area contributed by atoms with Gasteiger partial charge in [-0.2, -0.15) is 4.98 Å². The Morgan fingerprint density at radius 1 is 1.65 bits per heavy atom. The van der Waals surface area contributed by atoms with Crippen LogP contribution in [-0.4, -0.2) is 45.3 Å². The SMILES string of the molecule is [N-]=[N+]=NCC1CC(=O)N(c2n[nH]c(CCC(=O)O)n2)C1. The highest BCUT2D eigenvalue weighted by molar-refractivity contribution is 5.94. The Bertz CT molecular complexity index is 563. The van der Waals surface area contributed by atoms with Gasteiger partial charge in [-0.05, 0) is 11.4 Å². The topological polar surface area (TPSA) is 148 Å². The molecule has 1 aromatic rings. The average molecular weight is 279 g/mol. The monoisotopic (exact) mass is 279 g/mol. The third-order valence-electron chi connectivity index (χ3n) is 2.95. The Morgan fingerprint density at radius 2 is 2.45 bits per heavy atom. The molecule has 1 aliphatic rings. The first-order valence-electron chi connectivity index (χ1n) is 6.04. The molecule has 2 N–H and O–H groups in total. The second kappa shape index (κ2) is 6.02. The fourth-order valence-electron chi connectivity index (χ4n) is 1.99. The molecule has 10 nitrogen and oxygen atoms in total. The summed E-state index contributed by atoms with van der Waals surface area (Å²) in [6, 6.07) is 0. The van der Waals surface area contributed by atoms with Crippen molar-refractivity contribution in [3.05, 3.63) is 16.3 Å². The van der Waals surface area contributed by atoms with Gasteiger partial charge in [0.1, 0.15) is 5.82 Å². The van der Waals surface area contributed by atoms with Crippen molar-refractivity contribution in [1.82, 2.24) is 15.2 Å². The minimum absolute atomic E-state index is 0.0423. The molecule has 0 aromatic carbocycles. The molecule has 1 aliphatic heterocycles. The predicted octanol–water partition coefficient (Wildman–Crippen LogP) is 0.485. The van der Waals surface area contributed by atoms with Gasteiger partial charge in [0.25, 0.3) is 5.95 Å². The van der Waals surface area contributed by atoms with E-state index in [4.69, 9.17) is 10.6 Å². The number of carbonyl (C=O) groups excluding carboxylic acids is 1. The van der Waals surface area contributed by atoms with Crippen LogP contribution in [0.15, 0.2) is 5.11 Å². The molecule has 1 aromatic heterocycles. The van der Waals surface area contributed by atoms with E-state index in [2.05, 4.69) is 25.2 Å². The number of rotatable bonds is 6. The highest BCUT2D eigenvalue weighted by Crippen LogP contribution is 2.22.